The second-order valence-electron chi connectivity index (χ2n) is 5.99. The van der Waals surface area contributed by atoms with Gasteiger partial charge in [0.05, 0.1) is 24.4 Å². The number of nitrogens with zero attached hydrogens (tertiary/aromatic N) is 3. The highest BCUT2D eigenvalue weighted by Gasteiger charge is 2.19. The molecule has 11 heteroatoms. The molecule has 1 aromatic heterocycles. The third kappa shape index (κ3) is 5.74. The lowest BCUT2D eigenvalue weighted by atomic mass is 10.2. The van der Waals surface area contributed by atoms with Crippen LogP contribution < -0.4 is 10.1 Å². The van der Waals surface area contributed by atoms with Crippen LogP contribution in [0.1, 0.15) is 11.4 Å². The van der Waals surface area contributed by atoms with Crippen molar-refractivity contribution in [1.82, 2.24) is 20.1 Å². The van der Waals surface area contributed by atoms with Crippen molar-refractivity contribution in [3.8, 4) is 11.4 Å². The van der Waals surface area contributed by atoms with E-state index in [2.05, 4.69) is 15.5 Å². The van der Waals surface area contributed by atoms with Gasteiger partial charge in [-0.15, -0.1) is 10.2 Å². The number of ether oxygens (including phenoxy) is 1. The highest BCUT2D eigenvalue weighted by molar-refractivity contribution is 7.98. The number of thioether (sulfide) groups is 1. The summed E-state index contributed by atoms with van der Waals surface area (Å²) in [5.41, 5.74) is 1.69. The molecule has 0 atom stereocenters. The molecule has 0 aliphatic rings. The number of hydrogen-bond donors (Lipinski definition) is 1. The van der Waals surface area contributed by atoms with Crippen molar-refractivity contribution in [1.29, 1.82) is 0 Å². The van der Waals surface area contributed by atoms with E-state index >= 15 is 0 Å². The first-order valence-electron chi connectivity index (χ1n) is 8.60. The van der Waals surface area contributed by atoms with Crippen molar-refractivity contribution in [3.05, 3.63) is 63.9 Å². The van der Waals surface area contributed by atoms with Crippen LogP contribution in [0.15, 0.2) is 47.6 Å². The van der Waals surface area contributed by atoms with Crippen LogP contribution in [0.25, 0.3) is 5.69 Å². The molecule has 1 N–H and O–H groups in total. The molecule has 0 fully saturated rings. The molecule has 0 unspecified atom stereocenters. The predicted molar refractivity (Wildman–Crippen MR) is 121 cm³/mol. The van der Waals surface area contributed by atoms with E-state index in [0.717, 1.165) is 11.3 Å². The Hall–Kier alpha value is -1.64. The average Bonchev–Trinajstić information content (AvgIpc) is 3.13. The van der Waals surface area contributed by atoms with Gasteiger partial charge in [-0.25, -0.2) is 0 Å². The molecule has 0 aliphatic heterocycles. The zero-order chi connectivity index (χ0) is 21.7. The summed E-state index contributed by atoms with van der Waals surface area (Å²) in [6.07, 6.45) is 0. The van der Waals surface area contributed by atoms with E-state index in [0.29, 0.717) is 32.5 Å². The first-order valence-corrected chi connectivity index (χ1v) is 11.2. The fraction of sp³-hybridized carbons (Fsp3) is 0.211. The van der Waals surface area contributed by atoms with E-state index in [4.69, 9.17) is 51.1 Å². The summed E-state index contributed by atoms with van der Waals surface area (Å²) in [6, 6.07) is 12.9. The van der Waals surface area contributed by atoms with Gasteiger partial charge >= 0.3 is 0 Å². The number of alkyl halides is 2. The van der Waals surface area contributed by atoms with E-state index in [1.165, 1.54) is 11.8 Å². The first kappa shape index (κ1) is 23.0. The maximum absolute atomic E-state index is 11.8. The van der Waals surface area contributed by atoms with Gasteiger partial charge in [-0.3, -0.25) is 9.36 Å². The van der Waals surface area contributed by atoms with Crippen molar-refractivity contribution in [2.75, 3.05) is 7.11 Å². The number of nitrogens with one attached hydrogen (secondary N) is 1. The smallest absolute Gasteiger partial charge is 0.253 e. The molecular formula is C19H16Cl4N4O2S. The maximum Gasteiger partial charge on any atom is 0.253 e. The molecule has 1 amide bonds. The minimum atomic E-state index is -1.18. The van der Waals surface area contributed by atoms with Gasteiger partial charge < -0.3 is 10.1 Å². The molecule has 2 aromatic carbocycles. The van der Waals surface area contributed by atoms with Crippen LogP contribution in [0.4, 0.5) is 0 Å². The summed E-state index contributed by atoms with van der Waals surface area (Å²) >= 11 is 25.1. The Balaban J connectivity index is 1.90. The zero-order valence-corrected chi connectivity index (χ0v) is 19.5. The zero-order valence-electron chi connectivity index (χ0n) is 15.6. The van der Waals surface area contributed by atoms with E-state index < -0.39 is 10.7 Å². The van der Waals surface area contributed by atoms with Gasteiger partial charge in [0.2, 0.25) is 0 Å². The van der Waals surface area contributed by atoms with Crippen molar-refractivity contribution < 1.29 is 9.53 Å². The summed E-state index contributed by atoms with van der Waals surface area (Å²) in [7, 11) is 1.62. The van der Waals surface area contributed by atoms with Crippen molar-refractivity contribution in [2.45, 2.75) is 22.3 Å². The molecule has 0 spiro atoms. The van der Waals surface area contributed by atoms with Crippen molar-refractivity contribution in [3.63, 3.8) is 0 Å². The monoisotopic (exact) mass is 504 g/mol. The van der Waals surface area contributed by atoms with Crippen molar-refractivity contribution in [2.24, 2.45) is 0 Å². The van der Waals surface area contributed by atoms with Crippen molar-refractivity contribution >= 4 is 64.1 Å². The number of carbonyl (C=O) groups is 1. The normalized spacial score (nSPS) is 11.0. The lowest BCUT2D eigenvalue weighted by Gasteiger charge is -2.13. The summed E-state index contributed by atoms with van der Waals surface area (Å²) in [6.45, 7) is 0.0699. The molecule has 3 aromatic rings. The van der Waals surface area contributed by atoms with E-state index in [-0.39, 0.29) is 6.54 Å². The summed E-state index contributed by atoms with van der Waals surface area (Å²) < 4.78 is 7.04. The maximum atomic E-state index is 11.8. The van der Waals surface area contributed by atoms with E-state index in [1.54, 1.807) is 29.9 Å². The molecule has 1 heterocycles. The molecule has 158 valence electrons. The Morgan fingerprint density at radius 1 is 1.20 bits per heavy atom. The molecule has 6 nitrogen and oxygen atoms in total. The molecular weight excluding hydrogens is 490 g/mol. The third-order valence-corrected chi connectivity index (χ3v) is 5.91. The van der Waals surface area contributed by atoms with Crippen LogP contribution in [0.3, 0.4) is 0 Å². The number of halogens is 4. The minimum absolute atomic E-state index is 0.0699. The lowest BCUT2D eigenvalue weighted by Crippen LogP contribution is -2.29. The predicted octanol–water partition coefficient (Wildman–Crippen LogP) is 5.29. The number of amides is 1. The Labute approximate surface area is 197 Å². The van der Waals surface area contributed by atoms with Gasteiger partial charge in [0.15, 0.2) is 15.8 Å². The fourth-order valence-corrected chi connectivity index (χ4v) is 4.12. The van der Waals surface area contributed by atoms with Gasteiger partial charge in [0.25, 0.3) is 5.91 Å². The van der Waals surface area contributed by atoms with E-state index in [9.17, 15) is 4.79 Å². The van der Waals surface area contributed by atoms with Gasteiger partial charge in [-0.1, -0.05) is 70.3 Å². The number of carbonyl (C=O) groups excluding carboxylic acids is 1. The number of methoxy groups -OCH3 is 1. The molecule has 3 rings (SSSR count). The van der Waals surface area contributed by atoms with Gasteiger partial charge in [-0.05, 0) is 35.9 Å². The fourth-order valence-electron chi connectivity index (χ4n) is 2.57. The Morgan fingerprint density at radius 2 is 2.00 bits per heavy atom. The highest BCUT2D eigenvalue weighted by Crippen LogP contribution is 2.31. The van der Waals surface area contributed by atoms with Gasteiger partial charge in [-0.2, -0.15) is 0 Å². The first-order chi connectivity index (χ1) is 14.4. The van der Waals surface area contributed by atoms with Crippen LogP contribution in [-0.2, 0) is 17.1 Å². The summed E-state index contributed by atoms with van der Waals surface area (Å²) in [4.78, 5) is 10.6. The molecule has 0 saturated heterocycles. The quantitative estimate of drug-likeness (QED) is 0.332. The summed E-state index contributed by atoms with van der Waals surface area (Å²) in [5, 5.41) is 12.6. The average molecular weight is 506 g/mol. The van der Waals surface area contributed by atoms with Crippen LogP contribution in [-0.4, -0.2) is 32.6 Å². The topological polar surface area (TPSA) is 69.0 Å². The molecule has 0 aliphatic carbocycles. The second-order valence-corrected chi connectivity index (χ2v) is 8.87. The highest BCUT2D eigenvalue weighted by atomic mass is 35.5. The van der Waals surface area contributed by atoms with Crippen LogP contribution in [0.5, 0.6) is 5.75 Å². The van der Waals surface area contributed by atoms with Crippen LogP contribution in [0.2, 0.25) is 10.0 Å². The SMILES string of the molecule is COc1cccc(CSc2nnc(CNC(=O)C(Cl)Cl)n2-c2ccc(Cl)cc2Cl)c1. The second kappa shape index (κ2) is 10.6. The number of rotatable bonds is 8. The third-order valence-electron chi connectivity index (χ3n) is 3.97. The van der Waals surface area contributed by atoms with Crippen LogP contribution in [0, 0.1) is 0 Å². The standard InChI is InChI=1S/C19H16Cl4N4O2S/c1-29-13-4-2-3-11(7-13)10-30-19-26-25-16(9-24-18(28)17(22)23)27(19)15-6-5-12(20)8-14(15)21/h2-8,17H,9-10H2,1H3,(H,24,28). The Bertz CT molecular complexity index is 1050. The largest absolute Gasteiger partial charge is 0.497 e. The van der Waals surface area contributed by atoms with Gasteiger partial charge in [0.1, 0.15) is 5.75 Å². The Kier molecular flexibility index (Phi) is 8.13. The van der Waals surface area contributed by atoms with Gasteiger partial charge in [0, 0.05) is 10.8 Å². The number of aromatic nitrogens is 3. The molecule has 0 radical (unpaired) electrons. The van der Waals surface area contributed by atoms with Crippen LogP contribution >= 0.6 is 58.2 Å². The molecule has 0 saturated carbocycles. The van der Waals surface area contributed by atoms with E-state index in [1.807, 2.05) is 24.3 Å². The minimum Gasteiger partial charge on any atom is -0.497 e. The number of hydrogen-bond acceptors (Lipinski definition) is 5. The Morgan fingerprint density at radius 3 is 2.70 bits per heavy atom. The molecule has 0 bridgehead atoms. The lowest BCUT2D eigenvalue weighted by molar-refractivity contribution is -0.119. The number of benzene rings is 2. The summed E-state index contributed by atoms with van der Waals surface area (Å²) in [5.74, 6) is 1.34. The molecule has 30 heavy (non-hydrogen) atoms.